The summed E-state index contributed by atoms with van der Waals surface area (Å²) in [7, 11) is -3.49. The van der Waals surface area contributed by atoms with Gasteiger partial charge in [0.05, 0.1) is 24.1 Å². The van der Waals surface area contributed by atoms with E-state index in [2.05, 4.69) is 10.0 Å². The zero-order valence-electron chi connectivity index (χ0n) is 16.1. The highest BCUT2D eigenvalue weighted by molar-refractivity contribution is 7.92. The van der Waals surface area contributed by atoms with Crippen molar-refractivity contribution in [1.29, 1.82) is 0 Å². The molecule has 1 atom stereocenters. The number of hydrogen-bond acceptors (Lipinski definition) is 5. The summed E-state index contributed by atoms with van der Waals surface area (Å²) in [5.74, 6) is -0.146. The Morgan fingerprint density at radius 3 is 2.71 bits per heavy atom. The molecule has 8 nitrogen and oxygen atoms in total. The first-order chi connectivity index (χ1) is 12.7. The van der Waals surface area contributed by atoms with E-state index in [1.165, 1.54) is 0 Å². The van der Waals surface area contributed by atoms with Gasteiger partial charge in [-0.2, -0.15) is 0 Å². The Kier molecular flexibility index (Phi) is 7.30. The first kappa shape index (κ1) is 22.4. The lowest BCUT2D eigenvalue weighted by Crippen LogP contribution is -2.57. The number of aryl methyl sites for hydroxylation is 1. The van der Waals surface area contributed by atoms with Crippen LogP contribution in [0.5, 0.6) is 0 Å². The molecule has 1 aromatic carbocycles. The van der Waals surface area contributed by atoms with E-state index >= 15 is 0 Å². The summed E-state index contributed by atoms with van der Waals surface area (Å²) in [5, 5.41) is 3.06. The zero-order chi connectivity index (χ0) is 19.6. The van der Waals surface area contributed by atoms with Crippen LogP contribution in [0.15, 0.2) is 18.2 Å². The zero-order valence-corrected chi connectivity index (χ0v) is 17.7. The molecule has 2 saturated heterocycles. The topological polar surface area (TPSA) is 98.8 Å². The minimum Gasteiger partial charge on any atom is -0.337 e. The standard InChI is InChI=1S/C18H26N4O4S.ClH/c1-13-5-6-16(20-27(2,25)26)15(10-13)18(24)21-8-3-4-14(12-21)22-9-7-19-11-17(22)23;/h5-6,10,14,19-20H,3-4,7-9,11-12H2,1-2H3;1H. The van der Waals surface area contributed by atoms with E-state index in [9.17, 15) is 18.0 Å². The summed E-state index contributed by atoms with van der Waals surface area (Å²) >= 11 is 0. The van der Waals surface area contributed by atoms with Gasteiger partial charge in [-0.15, -0.1) is 12.4 Å². The molecule has 1 aromatic rings. The van der Waals surface area contributed by atoms with E-state index in [4.69, 9.17) is 0 Å². The second-order valence-corrected chi connectivity index (χ2v) is 8.98. The van der Waals surface area contributed by atoms with Crippen molar-refractivity contribution in [3.63, 3.8) is 0 Å². The molecule has 0 bridgehead atoms. The van der Waals surface area contributed by atoms with E-state index in [0.717, 1.165) is 31.2 Å². The second kappa shape index (κ2) is 9.11. The van der Waals surface area contributed by atoms with Crippen LogP contribution < -0.4 is 10.0 Å². The van der Waals surface area contributed by atoms with Crippen molar-refractivity contribution in [2.75, 3.05) is 43.7 Å². The molecular weight excluding hydrogens is 404 g/mol. The van der Waals surface area contributed by atoms with Crippen LogP contribution in [0.2, 0.25) is 0 Å². The molecule has 3 rings (SSSR count). The number of hydrogen-bond donors (Lipinski definition) is 2. The summed E-state index contributed by atoms with van der Waals surface area (Å²) in [5.41, 5.74) is 1.50. The number of nitrogens with one attached hydrogen (secondary N) is 2. The van der Waals surface area contributed by atoms with Crippen LogP contribution in [0.1, 0.15) is 28.8 Å². The van der Waals surface area contributed by atoms with Gasteiger partial charge in [-0.1, -0.05) is 11.6 Å². The third-order valence-electron chi connectivity index (χ3n) is 4.95. The molecule has 1 unspecified atom stereocenters. The number of anilines is 1. The number of sulfonamides is 1. The van der Waals surface area contributed by atoms with Crippen molar-refractivity contribution in [1.82, 2.24) is 15.1 Å². The minimum absolute atomic E-state index is 0. The van der Waals surface area contributed by atoms with Crippen molar-refractivity contribution in [2.24, 2.45) is 0 Å². The van der Waals surface area contributed by atoms with Crippen LogP contribution >= 0.6 is 12.4 Å². The third-order valence-corrected chi connectivity index (χ3v) is 5.54. The average molecular weight is 431 g/mol. The van der Waals surface area contributed by atoms with Gasteiger partial charge in [-0.3, -0.25) is 14.3 Å². The number of likely N-dealkylation sites (tertiary alicyclic amines) is 1. The Hall–Kier alpha value is -1.84. The van der Waals surface area contributed by atoms with Gasteiger partial charge in [0.1, 0.15) is 0 Å². The number of benzene rings is 1. The normalized spacial score (nSPS) is 20.5. The van der Waals surface area contributed by atoms with Gasteiger partial charge in [-0.25, -0.2) is 8.42 Å². The summed E-state index contributed by atoms with van der Waals surface area (Å²) in [6.07, 6.45) is 2.75. The number of halogens is 1. The van der Waals surface area contributed by atoms with Crippen molar-refractivity contribution in [3.05, 3.63) is 29.3 Å². The lowest BCUT2D eigenvalue weighted by Gasteiger charge is -2.41. The van der Waals surface area contributed by atoms with Crippen LogP contribution in [-0.2, 0) is 14.8 Å². The Bertz CT molecular complexity index is 846. The van der Waals surface area contributed by atoms with Gasteiger partial charge in [0.25, 0.3) is 5.91 Å². The van der Waals surface area contributed by atoms with E-state index in [-0.39, 0.29) is 36.0 Å². The predicted octanol–water partition coefficient (Wildman–Crippen LogP) is 0.825. The maximum Gasteiger partial charge on any atom is 0.256 e. The van der Waals surface area contributed by atoms with Crippen LogP contribution in [0.25, 0.3) is 0 Å². The highest BCUT2D eigenvalue weighted by Crippen LogP contribution is 2.24. The molecule has 2 fully saturated rings. The number of nitrogens with zero attached hydrogens (tertiary/aromatic N) is 2. The average Bonchev–Trinajstić information content (AvgIpc) is 2.62. The molecule has 0 radical (unpaired) electrons. The van der Waals surface area contributed by atoms with Gasteiger partial charge in [0.15, 0.2) is 0 Å². The quantitative estimate of drug-likeness (QED) is 0.737. The summed E-state index contributed by atoms with van der Waals surface area (Å²) in [4.78, 5) is 28.9. The molecule has 0 aliphatic carbocycles. The largest absolute Gasteiger partial charge is 0.337 e. The molecule has 0 spiro atoms. The lowest BCUT2D eigenvalue weighted by atomic mass is 10.0. The van der Waals surface area contributed by atoms with Gasteiger partial charge in [0, 0.05) is 32.2 Å². The van der Waals surface area contributed by atoms with Crippen molar-refractivity contribution in [3.8, 4) is 0 Å². The molecule has 0 saturated carbocycles. The van der Waals surface area contributed by atoms with E-state index < -0.39 is 10.0 Å². The Morgan fingerprint density at radius 1 is 1.29 bits per heavy atom. The summed E-state index contributed by atoms with van der Waals surface area (Å²) in [6, 6.07) is 5.09. The van der Waals surface area contributed by atoms with Crippen molar-refractivity contribution in [2.45, 2.75) is 25.8 Å². The fourth-order valence-electron chi connectivity index (χ4n) is 3.69. The number of carbonyl (C=O) groups is 2. The molecule has 156 valence electrons. The van der Waals surface area contributed by atoms with Gasteiger partial charge in [0.2, 0.25) is 15.9 Å². The van der Waals surface area contributed by atoms with Crippen LogP contribution in [0.3, 0.4) is 0 Å². The first-order valence-corrected chi connectivity index (χ1v) is 11.0. The fourth-order valence-corrected chi connectivity index (χ4v) is 4.27. The number of rotatable bonds is 4. The number of piperazine rings is 1. The van der Waals surface area contributed by atoms with Crippen LogP contribution in [0, 0.1) is 6.92 Å². The van der Waals surface area contributed by atoms with Gasteiger partial charge in [-0.05, 0) is 31.9 Å². The number of amides is 2. The second-order valence-electron chi connectivity index (χ2n) is 7.23. The number of carbonyl (C=O) groups excluding carboxylic acids is 2. The molecule has 10 heteroatoms. The van der Waals surface area contributed by atoms with E-state index in [0.29, 0.717) is 31.7 Å². The predicted molar refractivity (Wildman–Crippen MR) is 110 cm³/mol. The number of piperidine rings is 1. The lowest BCUT2D eigenvalue weighted by molar-refractivity contribution is -0.135. The third kappa shape index (κ3) is 5.36. The maximum absolute atomic E-state index is 13.1. The minimum atomic E-state index is -3.49. The monoisotopic (exact) mass is 430 g/mol. The van der Waals surface area contributed by atoms with Crippen LogP contribution in [0.4, 0.5) is 5.69 Å². The van der Waals surface area contributed by atoms with Gasteiger partial charge < -0.3 is 15.1 Å². The fraction of sp³-hybridized carbons (Fsp3) is 0.556. The summed E-state index contributed by atoms with van der Waals surface area (Å²) in [6.45, 7) is 4.68. The molecule has 2 N–H and O–H groups in total. The molecule has 2 aliphatic heterocycles. The molecule has 28 heavy (non-hydrogen) atoms. The Morgan fingerprint density at radius 2 is 2.04 bits per heavy atom. The van der Waals surface area contributed by atoms with Crippen molar-refractivity contribution >= 4 is 39.9 Å². The van der Waals surface area contributed by atoms with Gasteiger partial charge >= 0.3 is 0 Å². The Labute approximate surface area is 172 Å². The van der Waals surface area contributed by atoms with Crippen molar-refractivity contribution < 1.29 is 18.0 Å². The Balaban J connectivity index is 0.00000280. The smallest absolute Gasteiger partial charge is 0.256 e. The molecule has 0 aromatic heterocycles. The first-order valence-electron chi connectivity index (χ1n) is 9.12. The summed E-state index contributed by atoms with van der Waals surface area (Å²) < 4.78 is 25.7. The highest BCUT2D eigenvalue weighted by Gasteiger charge is 2.32. The molecule has 2 heterocycles. The maximum atomic E-state index is 13.1. The molecule has 2 amide bonds. The SMILES string of the molecule is Cc1ccc(NS(C)(=O)=O)c(C(=O)N2CCCC(N3CCNCC3=O)C2)c1.Cl. The molecule has 2 aliphatic rings. The highest BCUT2D eigenvalue weighted by atomic mass is 35.5. The van der Waals surface area contributed by atoms with E-state index in [1.807, 2.05) is 11.8 Å². The van der Waals surface area contributed by atoms with E-state index in [1.54, 1.807) is 23.1 Å². The van der Waals surface area contributed by atoms with Crippen LogP contribution in [-0.4, -0.2) is 75.1 Å². The molecular formula is C18H27ClN4O4S.